The molecule has 186 valence electrons. The summed E-state index contributed by atoms with van der Waals surface area (Å²) in [6.45, 7) is 0.286. The minimum absolute atomic E-state index is 0.0504. The van der Waals surface area contributed by atoms with Gasteiger partial charge >= 0.3 is 0 Å². The maximum Gasteiger partial charge on any atom is 0.264 e. The molecular weight excluding hydrogens is 472 g/mol. The molecule has 1 amide bonds. The third-order valence-corrected chi connectivity index (χ3v) is 7.19. The summed E-state index contributed by atoms with van der Waals surface area (Å²) in [7, 11) is 3.59. The molecule has 3 aromatic carbocycles. The lowest BCUT2D eigenvalue weighted by molar-refractivity contribution is 0.0951. The number of carbonyl (C=O) groups excluding carboxylic acids is 1. The van der Waals surface area contributed by atoms with Crippen molar-refractivity contribution in [3.63, 3.8) is 0 Å². The highest BCUT2D eigenvalue weighted by atomic mass is 32.2. The highest BCUT2D eigenvalue weighted by molar-refractivity contribution is 7.92. The van der Waals surface area contributed by atoms with Crippen LogP contribution in [0, 0.1) is 0 Å². The Morgan fingerprint density at radius 1 is 0.771 bits per heavy atom. The smallest absolute Gasteiger partial charge is 0.264 e. The van der Waals surface area contributed by atoms with E-state index in [1.54, 1.807) is 50.6 Å². The van der Waals surface area contributed by atoms with E-state index in [2.05, 4.69) is 5.32 Å². The molecule has 0 heterocycles. The monoisotopic (exact) mass is 500 g/mol. The van der Waals surface area contributed by atoms with E-state index in [0.29, 0.717) is 34.2 Å². The van der Waals surface area contributed by atoms with Gasteiger partial charge in [0.05, 0.1) is 39.0 Å². The normalized spacial score (nSPS) is 10.9. The molecule has 0 saturated carbocycles. The van der Waals surface area contributed by atoms with Crippen LogP contribution in [0.2, 0.25) is 0 Å². The molecule has 0 aliphatic carbocycles. The average Bonchev–Trinajstić information content (AvgIpc) is 2.90. The third kappa shape index (κ3) is 5.60. The van der Waals surface area contributed by atoms with Crippen molar-refractivity contribution in [2.45, 2.75) is 11.4 Å². The van der Waals surface area contributed by atoms with Gasteiger partial charge in [-0.25, -0.2) is 8.42 Å². The number of amides is 1. The second-order valence-electron chi connectivity index (χ2n) is 7.41. The van der Waals surface area contributed by atoms with Gasteiger partial charge in [0, 0.05) is 25.2 Å². The Kier molecular flexibility index (Phi) is 8.08. The summed E-state index contributed by atoms with van der Waals surface area (Å²) < 4.78 is 48.2. The molecule has 0 aliphatic rings. The van der Waals surface area contributed by atoms with Crippen LogP contribution in [0.15, 0.2) is 65.6 Å². The molecule has 0 fully saturated rings. The van der Waals surface area contributed by atoms with Crippen LogP contribution in [0.25, 0.3) is 0 Å². The summed E-state index contributed by atoms with van der Waals surface area (Å²) in [6.07, 6.45) is 0. The summed E-state index contributed by atoms with van der Waals surface area (Å²) in [5, 5.41) is 2.84. The lowest BCUT2D eigenvalue weighted by atomic mass is 10.1. The number of hydrogen-bond donors (Lipinski definition) is 1. The van der Waals surface area contributed by atoms with Crippen molar-refractivity contribution in [2.24, 2.45) is 0 Å². The fourth-order valence-corrected chi connectivity index (χ4v) is 4.58. The molecule has 0 spiro atoms. The quantitative estimate of drug-likeness (QED) is 0.455. The number of ether oxygens (including phenoxy) is 4. The fourth-order valence-electron chi connectivity index (χ4n) is 3.37. The molecular formula is C25H28N2O7S. The molecule has 0 saturated heterocycles. The van der Waals surface area contributed by atoms with Crippen LogP contribution < -0.4 is 28.6 Å². The maximum atomic E-state index is 13.1. The van der Waals surface area contributed by atoms with Gasteiger partial charge in [0.2, 0.25) is 0 Å². The lowest BCUT2D eigenvalue weighted by Gasteiger charge is -2.20. The Hall–Kier alpha value is -3.92. The zero-order valence-electron chi connectivity index (χ0n) is 20.2. The number of carbonyl (C=O) groups is 1. The first-order chi connectivity index (χ1) is 16.7. The lowest BCUT2D eigenvalue weighted by Crippen LogP contribution is -2.27. The number of anilines is 1. The summed E-state index contributed by atoms with van der Waals surface area (Å²) in [6, 6.07) is 16.1. The predicted octanol–water partition coefficient (Wildman–Crippen LogP) is 3.48. The maximum absolute atomic E-state index is 13.1. The molecule has 0 aliphatic heterocycles. The number of nitrogens with zero attached hydrogens (tertiary/aromatic N) is 1. The highest BCUT2D eigenvalue weighted by Gasteiger charge is 2.23. The SMILES string of the molecule is COc1ccc(CNC(=O)c2ccc(N(C)S(=O)(=O)c3ccc(OC)c(OC)c3)cc2)cc1OC. The highest BCUT2D eigenvalue weighted by Crippen LogP contribution is 2.32. The molecule has 0 radical (unpaired) electrons. The summed E-state index contributed by atoms with van der Waals surface area (Å²) in [5.74, 6) is 1.62. The third-order valence-electron chi connectivity index (χ3n) is 5.41. The van der Waals surface area contributed by atoms with Crippen molar-refractivity contribution >= 4 is 21.6 Å². The molecule has 0 atom stereocenters. The molecule has 3 aromatic rings. The van der Waals surface area contributed by atoms with Crippen LogP contribution in [0.5, 0.6) is 23.0 Å². The number of benzene rings is 3. The van der Waals surface area contributed by atoms with Crippen molar-refractivity contribution in [3.8, 4) is 23.0 Å². The Labute approximate surface area is 205 Å². The minimum Gasteiger partial charge on any atom is -0.493 e. The molecule has 1 N–H and O–H groups in total. The first-order valence-electron chi connectivity index (χ1n) is 10.5. The van der Waals surface area contributed by atoms with Crippen LogP contribution in [0.1, 0.15) is 15.9 Å². The number of nitrogens with one attached hydrogen (secondary N) is 1. The van der Waals surface area contributed by atoms with Gasteiger partial charge < -0.3 is 24.3 Å². The van der Waals surface area contributed by atoms with Gasteiger partial charge in [0.15, 0.2) is 23.0 Å². The predicted molar refractivity (Wildman–Crippen MR) is 132 cm³/mol. The van der Waals surface area contributed by atoms with E-state index in [1.165, 1.54) is 39.5 Å². The largest absolute Gasteiger partial charge is 0.493 e. The Bertz CT molecular complexity index is 1290. The van der Waals surface area contributed by atoms with Crippen molar-refractivity contribution < 1.29 is 32.2 Å². The number of hydrogen-bond acceptors (Lipinski definition) is 7. The van der Waals surface area contributed by atoms with E-state index in [9.17, 15) is 13.2 Å². The van der Waals surface area contributed by atoms with Crippen LogP contribution in [-0.4, -0.2) is 49.8 Å². The van der Waals surface area contributed by atoms with Gasteiger partial charge in [0.1, 0.15) is 0 Å². The van der Waals surface area contributed by atoms with E-state index in [-0.39, 0.29) is 17.3 Å². The van der Waals surface area contributed by atoms with E-state index >= 15 is 0 Å². The Morgan fingerprint density at radius 3 is 1.89 bits per heavy atom. The van der Waals surface area contributed by atoms with E-state index in [0.717, 1.165) is 9.87 Å². The van der Waals surface area contributed by atoms with E-state index in [1.807, 2.05) is 6.07 Å². The van der Waals surface area contributed by atoms with Crippen LogP contribution >= 0.6 is 0 Å². The van der Waals surface area contributed by atoms with Crippen LogP contribution in [0.3, 0.4) is 0 Å². The molecule has 0 bridgehead atoms. The van der Waals surface area contributed by atoms with Gasteiger partial charge in [-0.2, -0.15) is 0 Å². The van der Waals surface area contributed by atoms with Gasteiger partial charge in [0.25, 0.3) is 15.9 Å². The fraction of sp³-hybridized carbons (Fsp3) is 0.240. The van der Waals surface area contributed by atoms with E-state index < -0.39 is 10.0 Å². The first-order valence-corrected chi connectivity index (χ1v) is 12.0. The summed E-state index contributed by atoms with van der Waals surface area (Å²) in [5.41, 5.74) is 1.63. The molecule has 3 rings (SSSR count). The van der Waals surface area contributed by atoms with Crippen molar-refractivity contribution in [2.75, 3.05) is 39.8 Å². The molecule has 9 nitrogen and oxygen atoms in total. The number of sulfonamides is 1. The number of rotatable bonds is 10. The topological polar surface area (TPSA) is 103 Å². The first kappa shape index (κ1) is 25.7. The van der Waals surface area contributed by atoms with Crippen molar-refractivity contribution in [1.82, 2.24) is 5.32 Å². The van der Waals surface area contributed by atoms with Gasteiger partial charge in [-0.05, 0) is 54.1 Å². The van der Waals surface area contributed by atoms with Crippen molar-refractivity contribution in [1.29, 1.82) is 0 Å². The molecule has 10 heteroatoms. The van der Waals surface area contributed by atoms with Crippen molar-refractivity contribution in [3.05, 3.63) is 71.8 Å². The van der Waals surface area contributed by atoms with E-state index in [4.69, 9.17) is 18.9 Å². The van der Waals surface area contributed by atoms with Crippen LogP contribution in [0.4, 0.5) is 5.69 Å². The molecule has 0 aromatic heterocycles. The summed E-state index contributed by atoms with van der Waals surface area (Å²) in [4.78, 5) is 12.7. The Morgan fingerprint density at radius 2 is 1.31 bits per heavy atom. The van der Waals surface area contributed by atoms with Gasteiger partial charge in [-0.15, -0.1) is 0 Å². The minimum atomic E-state index is -3.87. The second kappa shape index (κ2) is 11.0. The zero-order chi connectivity index (χ0) is 25.6. The molecule has 0 unspecified atom stereocenters. The standard InChI is InChI=1S/C25H28N2O7S/c1-27(35(29,30)20-11-13-22(32-3)24(15-20)34-5)19-9-7-18(8-10-19)25(28)26-16-17-6-12-21(31-2)23(14-17)33-4/h6-15H,16H2,1-5H3,(H,26,28). The zero-order valence-corrected chi connectivity index (χ0v) is 21.0. The van der Waals surface area contributed by atoms with Crippen LogP contribution in [-0.2, 0) is 16.6 Å². The molecule has 35 heavy (non-hydrogen) atoms. The average molecular weight is 501 g/mol. The second-order valence-corrected chi connectivity index (χ2v) is 9.38. The van der Waals surface area contributed by atoms with Gasteiger partial charge in [-0.1, -0.05) is 6.07 Å². The van der Waals surface area contributed by atoms with Gasteiger partial charge in [-0.3, -0.25) is 9.10 Å². The summed E-state index contributed by atoms with van der Waals surface area (Å²) >= 11 is 0. The number of methoxy groups -OCH3 is 4. The Balaban J connectivity index is 1.71.